The van der Waals surface area contributed by atoms with Crippen LogP contribution in [0.5, 0.6) is 0 Å². The van der Waals surface area contributed by atoms with Crippen molar-refractivity contribution >= 4 is 45.5 Å². The van der Waals surface area contributed by atoms with Crippen molar-refractivity contribution in [3.8, 4) is 0 Å². The Labute approximate surface area is 190 Å². The molecule has 1 aliphatic rings. The maximum Gasteiger partial charge on any atom is 0.291 e. The first-order chi connectivity index (χ1) is 16.2. The van der Waals surface area contributed by atoms with Crippen molar-refractivity contribution in [2.45, 2.75) is 13.3 Å². The molecule has 0 unspecified atom stereocenters. The lowest BCUT2D eigenvalue weighted by Crippen LogP contribution is -2.40. The summed E-state index contributed by atoms with van der Waals surface area (Å²) < 4.78 is 17.1. The maximum absolute atomic E-state index is 13.1. The third kappa shape index (κ3) is 4.03. The fourth-order valence-corrected chi connectivity index (χ4v) is 4.12. The fourth-order valence-electron chi connectivity index (χ4n) is 4.12. The van der Waals surface area contributed by atoms with Crippen molar-refractivity contribution in [1.29, 1.82) is 0 Å². The number of nitrogens with one attached hydrogen (secondary N) is 1. The van der Waals surface area contributed by atoms with Gasteiger partial charge in [-0.1, -0.05) is 37.3 Å². The summed E-state index contributed by atoms with van der Waals surface area (Å²) >= 11 is 0. The normalized spacial score (nSPS) is 14.4. The van der Waals surface area contributed by atoms with Crippen molar-refractivity contribution in [3.05, 3.63) is 71.7 Å². The lowest BCUT2D eigenvalue weighted by Gasteiger charge is -2.26. The number of aryl methyl sites for hydroxylation is 1. The Bertz CT molecular complexity index is 1360. The molecule has 1 aliphatic heterocycles. The van der Waals surface area contributed by atoms with Gasteiger partial charge in [-0.05, 0) is 24.3 Å². The number of benzene rings is 2. The van der Waals surface area contributed by atoms with Crippen LogP contribution < -0.4 is 5.32 Å². The van der Waals surface area contributed by atoms with E-state index in [0.717, 1.165) is 22.3 Å². The summed E-state index contributed by atoms with van der Waals surface area (Å²) in [7, 11) is 0. The van der Waals surface area contributed by atoms with Gasteiger partial charge in [0.15, 0.2) is 0 Å². The molecular formula is C26H24N2O5. The molecule has 4 aromatic rings. The maximum atomic E-state index is 13.1. The first kappa shape index (κ1) is 21.0. The smallest absolute Gasteiger partial charge is 0.291 e. The minimum atomic E-state index is -0.357. The zero-order valence-corrected chi connectivity index (χ0v) is 18.3. The van der Waals surface area contributed by atoms with Crippen LogP contribution in [-0.2, 0) is 16.0 Å². The molecule has 168 valence electrons. The van der Waals surface area contributed by atoms with Gasteiger partial charge in [0.05, 0.1) is 13.2 Å². The van der Waals surface area contributed by atoms with Crippen LogP contribution in [0.25, 0.3) is 28.0 Å². The van der Waals surface area contributed by atoms with Crippen LogP contribution in [0.3, 0.4) is 0 Å². The number of nitrogens with zero attached hydrogens (tertiary/aromatic N) is 1. The van der Waals surface area contributed by atoms with E-state index in [4.69, 9.17) is 13.6 Å². The number of hydrogen-bond acceptors (Lipinski definition) is 5. The second-order valence-electron chi connectivity index (χ2n) is 7.82. The predicted octanol–water partition coefficient (Wildman–Crippen LogP) is 4.87. The van der Waals surface area contributed by atoms with Crippen LogP contribution >= 0.6 is 0 Å². The molecule has 5 rings (SSSR count). The molecule has 0 spiro atoms. The Morgan fingerprint density at radius 3 is 2.36 bits per heavy atom. The van der Waals surface area contributed by atoms with Crippen molar-refractivity contribution in [2.24, 2.45) is 0 Å². The minimum absolute atomic E-state index is 0.128. The number of fused-ring (bicyclic) bond motifs is 2. The van der Waals surface area contributed by atoms with E-state index < -0.39 is 0 Å². The van der Waals surface area contributed by atoms with Crippen molar-refractivity contribution < 1.29 is 23.2 Å². The van der Waals surface area contributed by atoms with E-state index in [0.29, 0.717) is 49.4 Å². The van der Waals surface area contributed by atoms with Gasteiger partial charge in [-0.3, -0.25) is 9.59 Å². The zero-order chi connectivity index (χ0) is 22.8. The SMILES string of the molecule is CCc1oc2ccccc2c1/C=C/C(=O)Nc1c(C(=O)N2CCOCC2)oc2ccccc12. The lowest BCUT2D eigenvalue weighted by molar-refractivity contribution is -0.111. The first-order valence-electron chi connectivity index (χ1n) is 11.0. The minimum Gasteiger partial charge on any atom is -0.460 e. The zero-order valence-electron chi connectivity index (χ0n) is 18.3. The van der Waals surface area contributed by atoms with Crippen molar-refractivity contribution in [3.63, 3.8) is 0 Å². The molecule has 2 aromatic heterocycles. The van der Waals surface area contributed by atoms with E-state index in [-0.39, 0.29) is 17.6 Å². The number of morpholine rings is 1. The molecule has 3 heterocycles. The van der Waals surface area contributed by atoms with Crippen LogP contribution in [-0.4, -0.2) is 43.0 Å². The topological polar surface area (TPSA) is 84.9 Å². The number of amides is 2. The number of furan rings is 2. The van der Waals surface area contributed by atoms with Crippen LogP contribution in [0.4, 0.5) is 5.69 Å². The average Bonchev–Trinajstić information content (AvgIpc) is 3.41. The summed E-state index contributed by atoms with van der Waals surface area (Å²) in [5, 5.41) is 4.51. The predicted molar refractivity (Wildman–Crippen MR) is 126 cm³/mol. The number of ether oxygens (including phenoxy) is 1. The van der Waals surface area contributed by atoms with Gasteiger partial charge in [0.25, 0.3) is 5.91 Å². The third-order valence-electron chi connectivity index (χ3n) is 5.77. The van der Waals surface area contributed by atoms with Crippen LogP contribution in [0, 0.1) is 0 Å². The molecule has 33 heavy (non-hydrogen) atoms. The molecule has 1 N–H and O–H groups in total. The highest BCUT2D eigenvalue weighted by Crippen LogP contribution is 2.32. The van der Waals surface area contributed by atoms with E-state index in [2.05, 4.69) is 5.32 Å². The van der Waals surface area contributed by atoms with Gasteiger partial charge in [-0.25, -0.2) is 0 Å². The van der Waals surface area contributed by atoms with E-state index in [1.54, 1.807) is 17.0 Å². The molecular weight excluding hydrogens is 420 g/mol. The number of anilines is 1. The molecule has 7 nitrogen and oxygen atoms in total. The molecule has 0 saturated carbocycles. The molecule has 7 heteroatoms. The van der Waals surface area contributed by atoms with E-state index in [9.17, 15) is 9.59 Å². The Morgan fingerprint density at radius 1 is 0.970 bits per heavy atom. The first-order valence-corrected chi connectivity index (χ1v) is 11.0. The van der Waals surface area contributed by atoms with Gasteiger partial charge >= 0.3 is 0 Å². The standard InChI is InChI=1S/C26H24N2O5/c1-2-20-18(17-7-3-5-9-21(17)32-20)11-12-23(29)27-24-19-8-4-6-10-22(19)33-25(24)26(30)28-13-15-31-16-14-28/h3-12H,2,13-16H2,1H3,(H,27,29)/b12-11+. The number of carbonyl (C=O) groups excluding carboxylic acids is 2. The number of rotatable bonds is 5. The van der Waals surface area contributed by atoms with Crippen LogP contribution in [0.1, 0.15) is 28.8 Å². The molecule has 2 amide bonds. The largest absolute Gasteiger partial charge is 0.460 e. The summed E-state index contributed by atoms with van der Waals surface area (Å²) in [5.41, 5.74) is 2.59. The van der Waals surface area contributed by atoms with Crippen molar-refractivity contribution in [1.82, 2.24) is 4.90 Å². The van der Waals surface area contributed by atoms with Gasteiger partial charge in [0.1, 0.15) is 22.6 Å². The number of para-hydroxylation sites is 2. The highest BCUT2D eigenvalue weighted by Gasteiger charge is 2.27. The summed E-state index contributed by atoms with van der Waals surface area (Å²) in [6.45, 7) is 3.94. The quantitative estimate of drug-likeness (QED) is 0.444. The van der Waals surface area contributed by atoms with Gasteiger partial charge in [-0.15, -0.1) is 0 Å². The van der Waals surface area contributed by atoms with Crippen LogP contribution in [0.2, 0.25) is 0 Å². The van der Waals surface area contributed by atoms with Gasteiger partial charge in [0, 0.05) is 41.9 Å². The summed E-state index contributed by atoms with van der Waals surface area (Å²) in [4.78, 5) is 27.7. The monoisotopic (exact) mass is 444 g/mol. The molecule has 2 aromatic carbocycles. The molecule has 0 radical (unpaired) electrons. The summed E-state index contributed by atoms with van der Waals surface area (Å²) in [6.07, 6.45) is 3.92. The van der Waals surface area contributed by atoms with Gasteiger partial charge in [-0.2, -0.15) is 0 Å². The van der Waals surface area contributed by atoms with Crippen LogP contribution in [0.15, 0.2) is 63.4 Å². The van der Waals surface area contributed by atoms with E-state index in [1.807, 2.05) is 49.4 Å². The average molecular weight is 444 g/mol. The highest BCUT2D eigenvalue weighted by molar-refractivity contribution is 6.13. The Hall–Kier alpha value is -3.84. The van der Waals surface area contributed by atoms with Gasteiger partial charge in [0.2, 0.25) is 11.7 Å². The highest BCUT2D eigenvalue weighted by atomic mass is 16.5. The Kier molecular flexibility index (Phi) is 5.71. The lowest BCUT2D eigenvalue weighted by atomic mass is 10.1. The van der Waals surface area contributed by atoms with E-state index in [1.165, 1.54) is 6.08 Å². The Morgan fingerprint density at radius 2 is 1.64 bits per heavy atom. The molecule has 0 atom stereocenters. The summed E-state index contributed by atoms with van der Waals surface area (Å²) in [6, 6.07) is 15.0. The van der Waals surface area contributed by atoms with Crippen molar-refractivity contribution in [2.75, 3.05) is 31.6 Å². The van der Waals surface area contributed by atoms with E-state index >= 15 is 0 Å². The van der Waals surface area contributed by atoms with Gasteiger partial charge < -0.3 is 23.8 Å². The molecule has 0 bridgehead atoms. The molecule has 1 fully saturated rings. The molecule has 1 saturated heterocycles. The third-order valence-corrected chi connectivity index (χ3v) is 5.77. The number of hydrogen-bond donors (Lipinski definition) is 1. The molecule has 0 aliphatic carbocycles. The fraction of sp³-hybridized carbons (Fsp3) is 0.231. The Balaban J connectivity index is 1.45. The summed E-state index contributed by atoms with van der Waals surface area (Å²) in [5.74, 6) is 0.327. The second kappa shape index (κ2) is 8.96. The number of carbonyl (C=O) groups is 2. The second-order valence-corrected chi connectivity index (χ2v) is 7.82.